The smallest absolute Gasteiger partial charge is 0.232 e. The molecule has 0 saturated carbocycles. The predicted octanol–water partition coefficient (Wildman–Crippen LogP) is 3.27. The molecule has 0 aliphatic heterocycles. The SMILES string of the molecule is CC#Cc1cccc(-c2nc(Nc3cccc(S(C)(=O)=O)c3)nc(NC(C)C)n2)n1. The van der Waals surface area contributed by atoms with Crippen LogP contribution in [0.2, 0.25) is 0 Å². The molecule has 2 aromatic heterocycles. The molecule has 0 saturated heterocycles. The molecule has 0 radical (unpaired) electrons. The van der Waals surface area contributed by atoms with E-state index in [-0.39, 0.29) is 16.9 Å². The first kappa shape index (κ1) is 21.2. The van der Waals surface area contributed by atoms with Crippen molar-refractivity contribution in [2.45, 2.75) is 31.7 Å². The average Bonchev–Trinajstić information content (AvgIpc) is 2.67. The number of nitrogens with zero attached hydrogens (tertiary/aromatic N) is 4. The van der Waals surface area contributed by atoms with Crippen LogP contribution in [0, 0.1) is 11.8 Å². The maximum atomic E-state index is 11.8. The summed E-state index contributed by atoms with van der Waals surface area (Å²) in [6.07, 6.45) is 1.16. The molecule has 1 aromatic carbocycles. The molecule has 0 aliphatic carbocycles. The number of benzene rings is 1. The molecule has 30 heavy (non-hydrogen) atoms. The Bertz CT molecular complexity index is 1230. The van der Waals surface area contributed by atoms with Gasteiger partial charge in [-0.3, -0.25) is 0 Å². The number of hydrogen-bond donors (Lipinski definition) is 2. The molecule has 0 amide bonds. The van der Waals surface area contributed by atoms with Crippen LogP contribution in [0.15, 0.2) is 47.4 Å². The van der Waals surface area contributed by atoms with Crippen LogP contribution in [-0.2, 0) is 9.84 Å². The van der Waals surface area contributed by atoms with Crippen molar-refractivity contribution >= 4 is 27.4 Å². The van der Waals surface area contributed by atoms with Crippen molar-refractivity contribution in [1.82, 2.24) is 19.9 Å². The number of anilines is 3. The second kappa shape index (κ2) is 8.88. The highest BCUT2D eigenvalue weighted by Gasteiger charge is 2.13. The second-order valence-electron chi connectivity index (χ2n) is 6.81. The normalized spacial score (nSPS) is 11.0. The Balaban J connectivity index is 2.03. The van der Waals surface area contributed by atoms with Gasteiger partial charge in [-0.05, 0) is 57.0 Å². The van der Waals surface area contributed by atoms with Gasteiger partial charge in [0.25, 0.3) is 0 Å². The quantitative estimate of drug-likeness (QED) is 0.583. The number of nitrogens with one attached hydrogen (secondary N) is 2. The van der Waals surface area contributed by atoms with E-state index >= 15 is 0 Å². The Labute approximate surface area is 176 Å². The fourth-order valence-corrected chi connectivity index (χ4v) is 3.23. The molecule has 0 unspecified atom stereocenters. The summed E-state index contributed by atoms with van der Waals surface area (Å²) in [5.74, 6) is 6.76. The lowest BCUT2D eigenvalue weighted by Gasteiger charge is -2.12. The zero-order valence-electron chi connectivity index (χ0n) is 17.1. The van der Waals surface area contributed by atoms with Gasteiger partial charge in [-0.15, -0.1) is 0 Å². The van der Waals surface area contributed by atoms with Crippen molar-refractivity contribution < 1.29 is 8.42 Å². The summed E-state index contributed by atoms with van der Waals surface area (Å²) in [6.45, 7) is 5.69. The molecule has 8 nitrogen and oxygen atoms in total. The lowest BCUT2D eigenvalue weighted by Crippen LogP contribution is -2.14. The molecular formula is C21H22N6O2S. The van der Waals surface area contributed by atoms with Crippen LogP contribution < -0.4 is 10.6 Å². The van der Waals surface area contributed by atoms with Gasteiger partial charge in [-0.2, -0.15) is 15.0 Å². The van der Waals surface area contributed by atoms with Crippen molar-refractivity contribution in [1.29, 1.82) is 0 Å². The summed E-state index contributed by atoms with van der Waals surface area (Å²) >= 11 is 0. The number of sulfone groups is 1. The van der Waals surface area contributed by atoms with Gasteiger partial charge in [0.15, 0.2) is 15.7 Å². The van der Waals surface area contributed by atoms with Gasteiger partial charge in [0, 0.05) is 18.0 Å². The second-order valence-corrected chi connectivity index (χ2v) is 8.83. The molecule has 0 atom stereocenters. The monoisotopic (exact) mass is 422 g/mol. The summed E-state index contributed by atoms with van der Waals surface area (Å²) < 4.78 is 23.7. The molecule has 0 spiro atoms. The first-order chi connectivity index (χ1) is 14.2. The summed E-state index contributed by atoms with van der Waals surface area (Å²) in [4.78, 5) is 18.0. The van der Waals surface area contributed by atoms with Crippen LogP contribution in [0.5, 0.6) is 0 Å². The van der Waals surface area contributed by atoms with E-state index in [9.17, 15) is 8.42 Å². The fourth-order valence-electron chi connectivity index (χ4n) is 2.56. The van der Waals surface area contributed by atoms with Gasteiger partial charge in [0.2, 0.25) is 11.9 Å². The zero-order valence-corrected chi connectivity index (χ0v) is 17.9. The van der Waals surface area contributed by atoms with Crippen molar-refractivity contribution in [2.75, 3.05) is 16.9 Å². The molecule has 0 fully saturated rings. The number of hydrogen-bond acceptors (Lipinski definition) is 8. The van der Waals surface area contributed by atoms with Crippen LogP contribution in [0.4, 0.5) is 17.6 Å². The highest BCUT2D eigenvalue weighted by molar-refractivity contribution is 7.90. The molecule has 9 heteroatoms. The van der Waals surface area contributed by atoms with Gasteiger partial charge in [-0.1, -0.05) is 18.1 Å². The lowest BCUT2D eigenvalue weighted by molar-refractivity contribution is 0.602. The highest BCUT2D eigenvalue weighted by atomic mass is 32.2. The van der Waals surface area contributed by atoms with E-state index in [1.54, 1.807) is 25.1 Å². The van der Waals surface area contributed by atoms with E-state index in [1.165, 1.54) is 12.1 Å². The number of aromatic nitrogens is 4. The maximum absolute atomic E-state index is 11.8. The fraction of sp³-hybridized carbons (Fsp3) is 0.238. The van der Waals surface area contributed by atoms with Gasteiger partial charge >= 0.3 is 0 Å². The Morgan fingerprint density at radius 3 is 2.40 bits per heavy atom. The molecule has 2 heterocycles. The average molecular weight is 423 g/mol. The topological polar surface area (TPSA) is 110 Å². The van der Waals surface area contributed by atoms with Gasteiger partial charge in [-0.25, -0.2) is 13.4 Å². The molecule has 2 N–H and O–H groups in total. The van der Waals surface area contributed by atoms with Crippen molar-refractivity contribution in [3.05, 3.63) is 48.2 Å². The van der Waals surface area contributed by atoms with Gasteiger partial charge in [0.05, 0.1) is 4.90 Å². The molecule has 3 aromatic rings. The first-order valence-corrected chi connectivity index (χ1v) is 11.1. The Hall–Kier alpha value is -3.51. The van der Waals surface area contributed by atoms with E-state index < -0.39 is 9.84 Å². The standard InChI is InChI=1S/C21H22N6O2S/c1-5-8-15-9-7-12-18(23-15)19-25-20(22-14(2)3)27-21(26-19)24-16-10-6-11-17(13-16)30(4,28)29/h6-7,9-14H,1-4H3,(H2,22,24,25,26,27). The molecule has 154 valence electrons. The zero-order chi connectivity index (χ0) is 21.7. The summed E-state index contributed by atoms with van der Waals surface area (Å²) in [5, 5.41) is 6.22. The predicted molar refractivity (Wildman–Crippen MR) is 117 cm³/mol. The van der Waals surface area contributed by atoms with Crippen LogP contribution in [0.3, 0.4) is 0 Å². The summed E-state index contributed by atoms with van der Waals surface area (Å²) in [5.41, 5.74) is 1.71. The first-order valence-electron chi connectivity index (χ1n) is 9.24. The number of rotatable bonds is 6. The maximum Gasteiger partial charge on any atom is 0.232 e. The molecular weight excluding hydrogens is 400 g/mol. The molecule has 3 rings (SSSR count). The third-order valence-electron chi connectivity index (χ3n) is 3.80. The molecule has 0 aliphatic rings. The van der Waals surface area contributed by atoms with Crippen molar-refractivity contribution in [3.8, 4) is 23.4 Å². The van der Waals surface area contributed by atoms with Crippen LogP contribution in [0.1, 0.15) is 26.5 Å². The van der Waals surface area contributed by atoms with Crippen LogP contribution in [0.25, 0.3) is 11.5 Å². The van der Waals surface area contributed by atoms with Crippen molar-refractivity contribution in [2.24, 2.45) is 0 Å². The van der Waals surface area contributed by atoms with Crippen molar-refractivity contribution in [3.63, 3.8) is 0 Å². The summed E-state index contributed by atoms with van der Waals surface area (Å²) in [7, 11) is -3.33. The number of pyridine rings is 1. The summed E-state index contributed by atoms with van der Waals surface area (Å²) in [6, 6.07) is 12.0. The minimum absolute atomic E-state index is 0.104. The van der Waals surface area contributed by atoms with Crippen LogP contribution >= 0.6 is 0 Å². The lowest BCUT2D eigenvalue weighted by atomic mass is 10.3. The van der Waals surface area contributed by atoms with E-state index in [4.69, 9.17) is 0 Å². The third kappa shape index (κ3) is 5.52. The van der Waals surface area contributed by atoms with Crippen LogP contribution in [-0.4, -0.2) is 40.7 Å². The largest absolute Gasteiger partial charge is 0.352 e. The van der Waals surface area contributed by atoms with E-state index in [0.29, 0.717) is 28.8 Å². The minimum atomic E-state index is -3.33. The van der Waals surface area contributed by atoms with Gasteiger partial charge < -0.3 is 10.6 Å². The Morgan fingerprint density at radius 1 is 0.967 bits per heavy atom. The molecule has 0 bridgehead atoms. The minimum Gasteiger partial charge on any atom is -0.352 e. The highest BCUT2D eigenvalue weighted by Crippen LogP contribution is 2.21. The van der Waals surface area contributed by atoms with E-state index in [1.807, 2.05) is 26.0 Å². The van der Waals surface area contributed by atoms with E-state index in [0.717, 1.165) is 6.26 Å². The third-order valence-corrected chi connectivity index (χ3v) is 4.91. The Kier molecular flexibility index (Phi) is 6.28. The van der Waals surface area contributed by atoms with Gasteiger partial charge in [0.1, 0.15) is 11.4 Å². The van der Waals surface area contributed by atoms with E-state index in [2.05, 4.69) is 42.4 Å². The Morgan fingerprint density at radius 2 is 1.70 bits per heavy atom.